The van der Waals surface area contributed by atoms with Gasteiger partial charge in [0.1, 0.15) is 6.04 Å². The molecule has 21 heavy (non-hydrogen) atoms. The first-order valence-corrected chi connectivity index (χ1v) is 7.43. The van der Waals surface area contributed by atoms with Gasteiger partial charge in [-0.3, -0.25) is 10.2 Å². The van der Waals surface area contributed by atoms with E-state index < -0.39 is 0 Å². The Kier molecular flexibility index (Phi) is 5.09. The summed E-state index contributed by atoms with van der Waals surface area (Å²) >= 11 is 0. The summed E-state index contributed by atoms with van der Waals surface area (Å²) < 4.78 is 0. The first kappa shape index (κ1) is 15.7. The summed E-state index contributed by atoms with van der Waals surface area (Å²) in [6.07, 6.45) is 0.767. The van der Waals surface area contributed by atoms with Crippen LogP contribution >= 0.6 is 0 Å². The van der Waals surface area contributed by atoms with E-state index in [2.05, 4.69) is 47.4 Å². The summed E-state index contributed by atoms with van der Waals surface area (Å²) in [4.78, 5) is 11.9. The van der Waals surface area contributed by atoms with Crippen molar-refractivity contribution >= 4 is 11.6 Å². The molecule has 0 aliphatic carbocycles. The Morgan fingerprint density at radius 2 is 1.95 bits per heavy atom. The molecule has 0 spiro atoms. The molecule has 5 heteroatoms. The minimum Gasteiger partial charge on any atom is -0.271 e. The largest absolute Gasteiger partial charge is 0.271 e. The molecule has 1 aromatic rings. The van der Waals surface area contributed by atoms with E-state index in [0.717, 1.165) is 17.7 Å². The number of benzene rings is 1. The average Bonchev–Trinajstić information content (AvgIpc) is 2.91. The summed E-state index contributed by atoms with van der Waals surface area (Å²) in [5.41, 5.74) is 11.7. The predicted molar refractivity (Wildman–Crippen MR) is 85.0 cm³/mol. The van der Waals surface area contributed by atoms with Gasteiger partial charge in [-0.2, -0.15) is 5.10 Å². The number of hydrazone groups is 1. The van der Waals surface area contributed by atoms with Crippen LogP contribution in [-0.4, -0.2) is 23.7 Å². The molecule has 1 heterocycles. The van der Waals surface area contributed by atoms with E-state index in [1.165, 1.54) is 5.56 Å². The fourth-order valence-corrected chi connectivity index (χ4v) is 2.28. The molecule has 114 valence electrons. The molecule has 1 aromatic carbocycles. The Labute approximate surface area is 126 Å². The van der Waals surface area contributed by atoms with E-state index >= 15 is 0 Å². The molecule has 2 atom stereocenters. The van der Waals surface area contributed by atoms with Crippen LogP contribution in [-0.2, 0) is 4.79 Å². The van der Waals surface area contributed by atoms with Crippen LogP contribution in [0, 0.1) is 0 Å². The number of carbonyl (C=O) groups is 1. The smallest absolute Gasteiger partial charge is 0.258 e. The minimum absolute atomic E-state index is 0.106. The molecular formula is C16H24N4O. The average molecular weight is 288 g/mol. The number of hydrogen-bond donors (Lipinski definition) is 3. The molecule has 1 aliphatic rings. The zero-order valence-electron chi connectivity index (χ0n) is 13.1. The normalized spacial score (nSPS) is 22.6. The zero-order valence-corrected chi connectivity index (χ0v) is 13.1. The summed E-state index contributed by atoms with van der Waals surface area (Å²) in [5.74, 6) is 0.406. The minimum atomic E-state index is -0.222. The maximum Gasteiger partial charge on any atom is 0.258 e. The fraction of sp³-hybridized carbons (Fsp3) is 0.500. The van der Waals surface area contributed by atoms with Crippen molar-refractivity contribution in [1.82, 2.24) is 16.3 Å². The molecule has 2 unspecified atom stereocenters. The summed E-state index contributed by atoms with van der Waals surface area (Å²) in [6, 6.07) is 8.36. The van der Waals surface area contributed by atoms with E-state index in [0.29, 0.717) is 12.0 Å². The van der Waals surface area contributed by atoms with Gasteiger partial charge in [0.25, 0.3) is 5.91 Å². The molecule has 1 fully saturated rings. The van der Waals surface area contributed by atoms with Gasteiger partial charge in [0.15, 0.2) is 0 Å². The lowest BCUT2D eigenvalue weighted by Gasteiger charge is -2.09. The molecule has 2 rings (SSSR count). The summed E-state index contributed by atoms with van der Waals surface area (Å²) in [6.45, 7) is 8.26. The quantitative estimate of drug-likeness (QED) is 0.586. The second kappa shape index (κ2) is 6.83. The Hall–Kier alpha value is -1.72. The van der Waals surface area contributed by atoms with Gasteiger partial charge in [0.2, 0.25) is 0 Å². The Balaban J connectivity index is 1.95. The Morgan fingerprint density at radius 3 is 2.48 bits per heavy atom. The number of hydrazine groups is 1. The third-order valence-corrected chi connectivity index (χ3v) is 3.74. The maximum absolute atomic E-state index is 11.9. The standard InChI is InChI=1S/C16H24N4O/c1-10(2)13-5-7-14(8-6-13)12(4)18-20-16(21)15-9-11(3)17-19-15/h5-8,10-11,15,17,19H,9H2,1-4H3,(H,20,21)/b18-12+. The van der Waals surface area contributed by atoms with Crippen LogP contribution < -0.4 is 16.3 Å². The number of carbonyl (C=O) groups excluding carboxylic acids is 1. The number of amides is 1. The van der Waals surface area contributed by atoms with Crippen LogP contribution in [0.2, 0.25) is 0 Å². The monoisotopic (exact) mass is 288 g/mol. The lowest BCUT2D eigenvalue weighted by atomic mass is 10.0. The molecule has 5 nitrogen and oxygen atoms in total. The molecule has 1 aliphatic heterocycles. The molecule has 0 bridgehead atoms. The van der Waals surface area contributed by atoms with Crippen LogP contribution in [0.25, 0.3) is 0 Å². The van der Waals surface area contributed by atoms with Crippen molar-refractivity contribution < 1.29 is 4.79 Å². The van der Waals surface area contributed by atoms with Gasteiger partial charge in [-0.25, -0.2) is 10.9 Å². The number of nitrogens with one attached hydrogen (secondary N) is 3. The van der Waals surface area contributed by atoms with Crippen molar-refractivity contribution in [3.8, 4) is 0 Å². The molecule has 0 radical (unpaired) electrons. The van der Waals surface area contributed by atoms with Crippen LogP contribution in [0.15, 0.2) is 29.4 Å². The number of nitrogens with zero attached hydrogens (tertiary/aromatic N) is 1. The highest BCUT2D eigenvalue weighted by atomic mass is 16.2. The second-order valence-electron chi connectivity index (χ2n) is 5.93. The number of rotatable bonds is 4. The van der Waals surface area contributed by atoms with E-state index in [4.69, 9.17) is 0 Å². The third kappa shape index (κ3) is 4.12. The highest BCUT2D eigenvalue weighted by Crippen LogP contribution is 2.15. The highest BCUT2D eigenvalue weighted by molar-refractivity contribution is 5.99. The summed E-state index contributed by atoms with van der Waals surface area (Å²) in [5, 5.41) is 4.19. The Bertz CT molecular complexity index is 522. The number of hydrogen-bond acceptors (Lipinski definition) is 4. The van der Waals surface area contributed by atoms with Crippen molar-refractivity contribution in [2.24, 2.45) is 5.10 Å². The molecule has 0 saturated carbocycles. The van der Waals surface area contributed by atoms with Crippen molar-refractivity contribution in [2.45, 2.75) is 52.1 Å². The van der Waals surface area contributed by atoms with Gasteiger partial charge in [-0.05, 0) is 37.3 Å². The zero-order chi connectivity index (χ0) is 15.4. The molecule has 1 amide bonds. The van der Waals surface area contributed by atoms with Crippen LogP contribution in [0.1, 0.15) is 51.2 Å². The van der Waals surface area contributed by atoms with Gasteiger partial charge in [-0.1, -0.05) is 38.1 Å². The SMILES string of the molecule is C/C(=N\NC(=O)C1CC(C)NN1)c1ccc(C(C)C)cc1. The van der Waals surface area contributed by atoms with Crippen LogP contribution in [0.5, 0.6) is 0 Å². The second-order valence-corrected chi connectivity index (χ2v) is 5.93. The fourth-order valence-electron chi connectivity index (χ4n) is 2.28. The molecule has 3 N–H and O–H groups in total. The van der Waals surface area contributed by atoms with Crippen LogP contribution in [0.4, 0.5) is 0 Å². The van der Waals surface area contributed by atoms with E-state index in [-0.39, 0.29) is 11.9 Å². The van der Waals surface area contributed by atoms with Gasteiger partial charge in [-0.15, -0.1) is 0 Å². The first-order chi connectivity index (χ1) is 9.97. The molecule has 0 aromatic heterocycles. The first-order valence-electron chi connectivity index (χ1n) is 7.43. The molecule has 1 saturated heterocycles. The lowest BCUT2D eigenvalue weighted by Crippen LogP contribution is -2.41. The van der Waals surface area contributed by atoms with Gasteiger partial charge < -0.3 is 0 Å². The van der Waals surface area contributed by atoms with Crippen molar-refractivity contribution in [3.63, 3.8) is 0 Å². The van der Waals surface area contributed by atoms with E-state index in [9.17, 15) is 4.79 Å². The highest BCUT2D eigenvalue weighted by Gasteiger charge is 2.26. The third-order valence-electron chi connectivity index (χ3n) is 3.74. The molecular weight excluding hydrogens is 264 g/mol. The topological polar surface area (TPSA) is 65.5 Å². The predicted octanol–water partition coefficient (Wildman–Crippen LogP) is 1.91. The van der Waals surface area contributed by atoms with E-state index in [1.54, 1.807) is 0 Å². The van der Waals surface area contributed by atoms with E-state index in [1.807, 2.05) is 26.0 Å². The van der Waals surface area contributed by atoms with Crippen molar-refractivity contribution in [3.05, 3.63) is 35.4 Å². The van der Waals surface area contributed by atoms with Crippen LogP contribution in [0.3, 0.4) is 0 Å². The Morgan fingerprint density at radius 1 is 1.29 bits per heavy atom. The van der Waals surface area contributed by atoms with Crippen molar-refractivity contribution in [1.29, 1.82) is 0 Å². The van der Waals surface area contributed by atoms with Gasteiger partial charge >= 0.3 is 0 Å². The van der Waals surface area contributed by atoms with Crippen molar-refractivity contribution in [2.75, 3.05) is 0 Å². The lowest BCUT2D eigenvalue weighted by molar-refractivity contribution is -0.122. The summed E-state index contributed by atoms with van der Waals surface area (Å²) in [7, 11) is 0. The maximum atomic E-state index is 11.9. The van der Waals surface area contributed by atoms with Gasteiger partial charge in [0, 0.05) is 6.04 Å². The van der Waals surface area contributed by atoms with Gasteiger partial charge in [0.05, 0.1) is 5.71 Å².